The maximum atomic E-state index is 12.8. The topological polar surface area (TPSA) is 37.4 Å². The maximum Gasteiger partial charge on any atom is 0.419 e. The van der Waals surface area contributed by atoms with Gasteiger partial charge in [-0.15, -0.1) is 0 Å². The van der Waals surface area contributed by atoms with Crippen molar-refractivity contribution in [3.63, 3.8) is 0 Å². The van der Waals surface area contributed by atoms with Crippen LogP contribution in [0.5, 0.6) is 0 Å². The smallest absolute Gasteiger partial charge is 0.374 e. The summed E-state index contributed by atoms with van der Waals surface area (Å²) in [5.41, 5.74) is -0.751. The zero-order valence-corrected chi connectivity index (χ0v) is 10.6. The Balaban J connectivity index is 1.99. The molecule has 0 saturated carbocycles. The van der Waals surface area contributed by atoms with Gasteiger partial charge in [-0.3, -0.25) is 0 Å². The van der Waals surface area contributed by atoms with E-state index in [4.69, 9.17) is 4.74 Å². The molecule has 1 atom stereocenters. The average Bonchev–Trinajstić information content (AvgIpc) is 2.36. The van der Waals surface area contributed by atoms with Crippen molar-refractivity contribution in [3.8, 4) is 0 Å². The lowest BCUT2D eigenvalue weighted by Gasteiger charge is -2.30. The summed E-state index contributed by atoms with van der Waals surface area (Å²) in [6, 6.07) is 2.29. The van der Waals surface area contributed by atoms with E-state index in [1.54, 1.807) is 0 Å². The molecule has 7 heteroatoms. The van der Waals surface area contributed by atoms with E-state index < -0.39 is 11.7 Å². The maximum absolute atomic E-state index is 12.8. The minimum absolute atomic E-state index is 0.123. The van der Waals surface area contributed by atoms with E-state index in [2.05, 4.69) is 15.2 Å². The molecule has 2 heterocycles. The van der Waals surface area contributed by atoms with Crippen molar-refractivity contribution in [1.82, 2.24) is 9.88 Å². The summed E-state index contributed by atoms with van der Waals surface area (Å²) in [7, 11) is 1.96. The molecule has 0 unspecified atom stereocenters. The first-order valence-corrected chi connectivity index (χ1v) is 6.03. The number of hydrogen-bond donors (Lipinski definition) is 1. The van der Waals surface area contributed by atoms with Crippen LogP contribution in [0, 0.1) is 0 Å². The predicted octanol–water partition coefficient (Wildman–Crippen LogP) is 1.84. The monoisotopic (exact) mass is 275 g/mol. The van der Waals surface area contributed by atoms with Crippen molar-refractivity contribution >= 4 is 5.82 Å². The Labute approximate surface area is 109 Å². The summed E-state index contributed by atoms with van der Waals surface area (Å²) >= 11 is 0. The lowest BCUT2D eigenvalue weighted by Crippen LogP contribution is -2.43. The molecule has 19 heavy (non-hydrogen) atoms. The fourth-order valence-corrected chi connectivity index (χ4v) is 1.98. The minimum atomic E-state index is -4.40. The molecule has 106 valence electrons. The molecular weight excluding hydrogens is 259 g/mol. The molecule has 0 amide bonds. The second-order valence-electron chi connectivity index (χ2n) is 4.53. The van der Waals surface area contributed by atoms with Gasteiger partial charge in [0.15, 0.2) is 0 Å². The molecule has 1 aliphatic heterocycles. The second-order valence-corrected chi connectivity index (χ2v) is 4.53. The number of hydrogen-bond acceptors (Lipinski definition) is 4. The van der Waals surface area contributed by atoms with Crippen LogP contribution in [0.4, 0.5) is 19.0 Å². The predicted molar refractivity (Wildman–Crippen MR) is 65.0 cm³/mol. The molecule has 2 rings (SSSR count). The van der Waals surface area contributed by atoms with Crippen molar-refractivity contribution in [2.24, 2.45) is 0 Å². The van der Waals surface area contributed by atoms with Crippen LogP contribution in [0.2, 0.25) is 0 Å². The molecule has 1 aromatic heterocycles. The average molecular weight is 275 g/mol. The van der Waals surface area contributed by atoms with Crippen LogP contribution in [-0.2, 0) is 10.9 Å². The molecule has 0 spiro atoms. The van der Waals surface area contributed by atoms with Crippen LogP contribution >= 0.6 is 0 Å². The fourth-order valence-electron chi connectivity index (χ4n) is 1.98. The third-order valence-corrected chi connectivity index (χ3v) is 2.95. The first-order chi connectivity index (χ1) is 8.97. The van der Waals surface area contributed by atoms with Crippen LogP contribution in [0.1, 0.15) is 5.56 Å². The summed E-state index contributed by atoms with van der Waals surface area (Å²) in [6.07, 6.45) is -3.19. The van der Waals surface area contributed by atoms with E-state index in [1.807, 2.05) is 7.05 Å². The van der Waals surface area contributed by atoms with Crippen LogP contribution in [0.15, 0.2) is 18.3 Å². The normalized spacial score (nSPS) is 21.4. The Morgan fingerprint density at radius 3 is 3.00 bits per heavy atom. The number of nitrogens with zero attached hydrogens (tertiary/aromatic N) is 2. The zero-order chi connectivity index (χ0) is 13.9. The van der Waals surface area contributed by atoms with Gasteiger partial charge in [0.25, 0.3) is 0 Å². The van der Waals surface area contributed by atoms with Crippen molar-refractivity contribution < 1.29 is 17.9 Å². The molecule has 1 N–H and O–H groups in total. The number of nitrogens with one attached hydrogen (secondary N) is 1. The number of alkyl halides is 3. The lowest BCUT2D eigenvalue weighted by molar-refractivity contribution is -0.137. The largest absolute Gasteiger partial charge is 0.419 e. The van der Waals surface area contributed by atoms with Gasteiger partial charge in [-0.25, -0.2) is 4.98 Å². The Bertz CT molecular complexity index is 425. The Kier molecular flexibility index (Phi) is 4.26. The van der Waals surface area contributed by atoms with Gasteiger partial charge in [0.05, 0.1) is 18.3 Å². The van der Waals surface area contributed by atoms with Crippen molar-refractivity contribution in [1.29, 1.82) is 0 Å². The highest BCUT2D eigenvalue weighted by Crippen LogP contribution is 2.33. The van der Waals surface area contributed by atoms with Gasteiger partial charge in [-0.05, 0) is 19.2 Å². The number of pyridine rings is 1. The first kappa shape index (κ1) is 14.1. The number of rotatable bonds is 3. The standard InChI is InChI=1S/C12H16F3N3O/c1-18-5-6-19-9(8-18)7-17-11-10(12(13,14)15)3-2-4-16-11/h2-4,9H,5-8H2,1H3,(H,16,17)/t9-/m0/s1. The molecule has 1 saturated heterocycles. The second kappa shape index (κ2) is 5.75. The summed E-state index contributed by atoms with van der Waals surface area (Å²) in [5, 5.41) is 2.73. The third-order valence-electron chi connectivity index (χ3n) is 2.95. The van der Waals surface area contributed by atoms with Crippen molar-refractivity contribution in [2.45, 2.75) is 12.3 Å². The van der Waals surface area contributed by atoms with E-state index in [1.165, 1.54) is 12.3 Å². The highest BCUT2D eigenvalue weighted by Gasteiger charge is 2.34. The molecule has 0 radical (unpaired) electrons. The van der Waals surface area contributed by atoms with Crippen LogP contribution < -0.4 is 5.32 Å². The van der Waals surface area contributed by atoms with Gasteiger partial charge in [0, 0.05) is 25.8 Å². The Hall–Kier alpha value is -1.34. The van der Waals surface area contributed by atoms with E-state index in [-0.39, 0.29) is 11.9 Å². The van der Waals surface area contributed by atoms with E-state index in [9.17, 15) is 13.2 Å². The van der Waals surface area contributed by atoms with Gasteiger partial charge < -0.3 is 15.0 Å². The molecule has 0 aliphatic carbocycles. The number of ether oxygens (including phenoxy) is 1. The van der Waals surface area contributed by atoms with Gasteiger partial charge in [-0.2, -0.15) is 13.2 Å². The summed E-state index contributed by atoms with van der Waals surface area (Å²) in [6.45, 7) is 2.44. The number of morpholine rings is 1. The number of aromatic nitrogens is 1. The van der Waals surface area contributed by atoms with Crippen LogP contribution in [-0.4, -0.2) is 49.3 Å². The molecule has 1 fully saturated rings. The molecular formula is C12H16F3N3O. The van der Waals surface area contributed by atoms with Gasteiger partial charge in [0.1, 0.15) is 5.82 Å². The molecule has 1 aliphatic rings. The van der Waals surface area contributed by atoms with Crippen LogP contribution in [0.25, 0.3) is 0 Å². The van der Waals surface area contributed by atoms with Gasteiger partial charge in [0.2, 0.25) is 0 Å². The summed E-state index contributed by atoms with van der Waals surface area (Å²) in [5.74, 6) is -0.146. The zero-order valence-electron chi connectivity index (χ0n) is 10.6. The third kappa shape index (κ3) is 3.81. The highest BCUT2D eigenvalue weighted by atomic mass is 19.4. The molecule has 0 bridgehead atoms. The SMILES string of the molecule is CN1CCO[C@@H](CNc2ncccc2C(F)(F)F)C1. The van der Waals surface area contributed by atoms with Crippen molar-refractivity contribution in [3.05, 3.63) is 23.9 Å². The van der Waals surface area contributed by atoms with Crippen molar-refractivity contribution in [2.75, 3.05) is 38.6 Å². The summed E-state index contributed by atoms with van der Waals surface area (Å²) in [4.78, 5) is 5.83. The lowest BCUT2D eigenvalue weighted by atomic mass is 10.2. The highest BCUT2D eigenvalue weighted by molar-refractivity contribution is 5.45. The minimum Gasteiger partial charge on any atom is -0.374 e. The van der Waals surface area contributed by atoms with E-state index in [0.29, 0.717) is 19.7 Å². The quantitative estimate of drug-likeness (QED) is 0.913. The first-order valence-electron chi connectivity index (χ1n) is 6.03. The Morgan fingerprint density at radius 2 is 2.32 bits per heavy atom. The number of anilines is 1. The Morgan fingerprint density at radius 1 is 1.53 bits per heavy atom. The number of halogens is 3. The van der Waals surface area contributed by atoms with Gasteiger partial charge in [-0.1, -0.05) is 0 Å². The number of likely N-dealkylation sites (N-methyl/N-ethyl adjacent to an activating group) is 1. The van der Waals surface area contributed by atoms with Crippen LogP contribution in [0.3, 0.4) is 0 Å². The fraction of sp³-hybridized carbons (Fsp3) is 0.583. The molecule has 0 aromatic carbocycles. The molecule has 4 nitrogen and oxygen atoms in total. The summed E-state index contributed by atoms with van der Waals surface area (Å²) < 4.78 is 43.8. The van der Waals surface area contributed by atoms with E-state index >= 15 is 0 Å². The molecule has 1 aromatic rings. The van der Waals surface area contributed by atoms with Gasteiger partial charge >= 0.3 is 6.18 Å². The van der Waals surface area contributed by atoms with E-state index in [0.717, 1.165) is 12.6 Å².